The number of hydrogen-bond donors (Lipinski definition) is 3. The van der Waals surface area contributed by atoms with Crippen molar-refractivity contribution in [2.24, 2.45) is 4.99 Å². The summed E-state index contributed by atoms with van der Waals surface area (Å²) in [6, 6.07) is 0. The van der Waals surface area contributed by atoms with Crippen molar-refractivity contribution in [3.05, 3.63) is 0 Å². The molecule has 17 heavy (non-hydrogen) atoms. The molecule has 0 atom stereocenters. The third kappa shape index (κ3) is 25.5. The third-order valence-corrected chi connectivity index (χ3v) is 1.83. The molecule has 1 aliphatic rings. The van der Waals surface area contributed by atoms with Crippen LogP contribution in [-0.4, -0.2) is 59.6 Å². The van der Waals surface area contributed by atoms with Crippen molar-refractivity contribution in [1.82, 2.24) is 5.32 Å². The van der Waals surface area contributed by atoms with Crippen molar-refractivity contribution in [2.75, 3.05) is 27.3 Å². The fourth-order valence-electron chi connectivity index (χ4n) is 0.323. The first kappa shape index (κ1) is 18.6. The Morgan fingerprint density at radius 2 is 1.47 bits per heavy atom. The van der Waals surface area contributed by atoms with Crippen LogP contribution in [0.3, 0.4) is 0 Å². The molecule has 0 aliphatic carbocycles. The van der Waals surface area contributed by atoms with E-state index in [1.54, 1.807) is 6.34 Å². The van der Waals surface area contributed by atoms with E-state index in [-0.39, 0.29) is 0 Å². The molecule has 1 aliphatic heterocycles. The maximum atomic E-state index is 9.33. The van der Waals surface area contributed by atoms with Crippen LogP contribution in [0.5, 0.6) is 0 Å². The minimum atomic E-state index is -4.16. The molecule has 0 saturated carbocycles. The third-order valence-electron chi connectivity index (χ3n) is 0.989. The minimum Gasteiger partial charge on any atom is -0.375 e. The average molecular weight is 294 g/mol. The molecule has 0 spiro atoms. The number of hydrogen-bond acceptors (Lipinski definition) is 8. The van der Waals surface area contributed by atoms with Gasteiger partial charge in [0.05, 0.1) is 27.1 Å². The van der Waals surface area contributed by atoms with Gasteiger partial charge in [-0.3, -0.25) is 22.5 Å². The van der Waals surface area contributed by atoms with Crippen molar-refractivity contribution >= 4 is 27.1 Å². The number of aliphatic imine (C=N–C) groups is 1. The smallest absolute Gasteiger partial charge is 0.375 e. The molecule has 0 aromatic heterocycles. The SMILES string of the molecule is C1=NCCN1.COS(=O)(=O)O.COS(=O)(=O)O. The zero-order chi connectivity index (χ0) is 13.9. The molecule has 1 heterocycles. The molecule has 3 N–H and O–H groups in total. The lowest BCUT2D eigenvalue weighted by Gasteiger charge is -1.82. The number of nitrogens with zero attached hydrogens (tertiary/aromatic N) is 1. The van der Waals surface area contributed by atoms with Crippen molar-refractivity contribution in [3.63, 3.8) is 0 Å². The average Bonchev–Trinajstić information content (AvgIpc) is 2.74. The van der Waals surface area contributed by atoms with Crippen molar-refractivity contribution in [2.45, 2.75) is 0 Å². The molecule has 0 saturated heterocycles. The Bertz CT molecular complexity index is 362. The normalized spacial score (nSPS) is 13.9. The first-order valence-corrected chi connectivity index (χ1v) is 6.63. The van der Waals surface area contributed by atoms with E-state index in [0.29, 0.717) is 0 Å². The van der Waals surface area contributed by atoms with Crippen LogP contribution in [0.25, 0.3) is 0 Å². The molecule has 0 amide bonds. The van der Waals surface area contributed by atoms with Gasteiger partial charge in [0.1, 0.15) is 0 Å². The molecule has 104 valence electrons. The second kappa shape index (κ2) is 9.26. The van der Waals surface area contributed by atoms with E-state index in [0.717, 1.165) is 27.3 Å². The Morgan fingerprint density at radius 1 is 1.12 bits per heavy atom. The number of nitrogens with one attached hydrogen (secondary N) is 1. The summed E-state index contributed by atoms with van der Waals surface area (Å²) < 4.78 is 59.4. The van der Waals surface area contributed by atoms with Crippen LogP contribution in [0.1, 0.15) is 0 Å². The lowest BCUT2D eigenvalue weighted by Crippen LogP contribution is -2.04. The van der Waals surface area contributed by atoms with Gasteiger partial charge in [-0.05, 0) is 0 Å². The highest BCUT2D eigenvalue weighted by Crippen LogP contribution is 1.75. The zero-order valence-corrected chi connectivity index (χ0v) is 10.7. The lowest BCUT2D eigenvalue weighted by molar-refractivity contribution is 0.323. The Labute approximate surface area is 99.6 Å². The predicted octanol–water partition coefficient (Wildman–Crippen LogP) is -1.51. The standard InChI is InChI=1S/C3H6N2.2CH4O4S/c1-2-5-3-4-1;2*1-5-6(2,3)4/h3H,1-2H2,(H,4,5);2*1H3,(H,2,3,4). The van der Waals surface area contributed by atoms with Crippen LogP contribution in [0.2, 0.25) is 0 Å². The van der Waals surface area contributed by atoms with E-state index in [2.05, 4.69) is 18.7 Å². The Kier molecular flexibility index (Phi) is 10.1. The molecule has 0 bridgehead atoms. The van der Waals surface area contributed by atoms with E-state index >= 15 is 0 Å². The summed E-state index contributed by atoms with van der Waals surface area (Å²) in [4.78, 5) is 3.85. The molecule has 0 unspecified atom stereocenters. The van der Waals surface area contributed by atoms with Crippen molar-refractivity contribution in [1.29, 1.82) is 0 Å². The number of rotatable bonds is 2. The van der Waals surface area contributed by atoms with Gasteiger partial charge in [0.2, 0.25) is 0 Å². The molecule has 0 fully saturated rings. The minimum absolute atomic E-state index is 0.870. The Morgan fingerprint density at radius 3 is 1.53 bits per heavy atom. The first-order valence-electron chi connectivity index (χ1n) is 3.90. The van der Waals surface area contributed by atoms with Crippen LogP contribution in [-0.2, 0) is 29.2 Å². The maximum absolute atomic E-state index is 9.33. The van der Waals surface area contributed by atoms with Crippen LogP contribution in [0.4, 0.5) is 0 Å². The summed E-state index contributed by atoms with van der Waals surface area (Å²) >= 11 is 0. The Hall–Kier alpha value is -0.790. The van der Waals surface area contributed by atoms with Gasteiger partial charge in [-0.15, -0.1) is 0 Å². The quantitative estimate of drug-likeness (QED) is 0.516. The summed E-state index contributed by atoms with van der Waals surface area (Å²) in [7, 11) is -6.58. The van der Waals surface area contributed by atoms with E-state index in [4.69, 9.17) is 9.11 Å². The van der Waals surface area contributed by atoms with Gasteiger partial charge in [-0.25, -0.2) is 0 Å². The van der Waals surface area contributed by atoms with Gasteiger partial charge in [0.15, 0.2) is 0 Å². The van der Waals surface area contributed by atoms with Crippen LogP contribution >= 0.6 is 0 Å². The second-order valence-corrected chi connectivity index (χ2v) is 4.56. The molecule has 10 nitrogen and oxygen atoms in total. The van der Waals surface area contributed by atoms with E-state index in [1.165, 1.54) is 0 Å². The fourth-order valence-corrected chi connectivity index (χ4v) is 0.323. The molecule has 0 aromatic carbocycles. The van der Waals surface area contributed by atoms with Gasteiger partial charge in [-0.1, -0.05) is 0 Å². The van der Waals surface area contributed by atoms with Crippen LogP contribution in [0.15, 0.2) is 4.99 Å². The molecule has 0 radical (unpaired) electrons. The van der Waals surface area contributed by atoms with Gasteiger partial charge < -0.3 is 5.32 Å². The maximum Gasteiger partial charge on any atom is 0.397 e. The molecule has 12 heteroatoms. The van der Waals surface area contributed by atoms with Crippen molar-refractivity contribution < 1.29 is 34.3 Å². The van der Waals surface area contributed by atoms with E-state index in [9.17, 15) is 16.8 Å². The summed E-state index contributed by atoms with van der Waals surface area (Å²) in [6.07, 6.45) is 1.74. The Balaban J connectivity index is 0. The summed E-state index contributed by atoms with van der Waals surface area (Å²) in [6.45, 7) is 1.99. The topological polar surface area (TPSA) is 152 Å². The second-order valence-electron chi connectivity index (χ2n) is 2.18. The first-order chi connectivity index (χ1) is 7.62. The highest BCUT2D eigenvalue weighted by atomic mass is 32.3. The summed E-state index contributed by atoms with van der Waals surface area (Å²) in [5.41, 5.74) is 0. The monoisotopic (exact) mass is 294 g/mol. The van der Waals surface area contributed by atoms with Gasteiger partial charge in [0, 0.05) is 6.54 Å². The lowest BCUT2D eigenvalue weighted by atomic mass is 10.7. The molecular weight excluding hydrogens is 280 g/mol. The van der Waals surface area contributed by atoms with Gasteiger partial charge in [-0.2, -0.15) is 16.8 Å². The van der Waals surface area contributed by atoms with Crippen molar-refractivity contribution in [3.8, 4) is 0 Å². The molecule has 1 rings (SSSR count). The summed E-state index contributed by atoms with van der Waals surface area (Å²) in [5.74, 6) is 0. The van der Waals surface area contributed by atoms with E-state index < -0.39 is 20.8 Å². The van der Waals surface area contributed by atoms with E-state index in [1.807, 2.05) is 0 Å². The van der Waals surface area contributed by atoms with Gasteiger partial charge >= 0.3 is 20.8 Å². The zero-order valence-electron chi connectivity index (χ0n) is 9.10. The molecular formula is C5H14N2O8S2. The summed E-state index contributed by atoms with van der Waals surface area (Å²) in [5, 5.41) is 2.93. The highest BCUT2D eigenvalue weighted by molar-refractivity contribution is 7.81. The fraction of sp³-hybridized carbons (Fsp3) is 0.800. The van der Waals surface area contributed by atoms with Gasteiger partial charge in [0.25, 0.3) is 0 Å². The molecule has 0 aromatic rings. The largest absolute Gasteiger partial charge is 0.397 e. The van der Waals surface area contributed by atoms with Crippen LogP contribution < -0.4 is 5.32 Å². The highest BCUT2D eigenvalue weighted by Gasteiger charge is 1.94. The van der Waals surface area contributed by atoms with Crippen LogP contribution in [0, 0.1) is 0 Å². The predicted molar refractivity (Wildman–Crippen MR) is 58.5 cm³/mol.